The molecule has 1 atom stereocenters. The van der Waals surface area contributed by atoms with E-state index in [4.69, 9.17) is 4.74 Å². The van der Waals surface area contributed by atoms with E-state index in [-0.39, 0.29) is 6.42 Å². The van der Waals surface area contributed by atoms with E-state index in [1.54, 1.807) is 12.1 Å². The molecule has 0 N–H and O–H groups in total. The van der Waals surface area contributed by atoms with Gasteiger partial charge in [0.2, 0.25) is 0 Å². The van der Waals surface area contributed by atoms with Crippen LogP contribution in [0.25, 0.3) is 0 Å². The van der Waals surface area contributed by atoms with Crippen LogP contribution in [0.15, 0.2) is 24.3 Å². The molecule has 1 aromatic carbocycles. The van der Waals surface area contributed by atoms with Crippen molar-refractivity contribution in [1.82, 2.24) is 0 Å². The van der Waals surface area contributed by atoms with E-state index in [1.165, 1.54) is 19.2 Å². The second-order valence-corrected chi connectivity index (χ2v) is 3.61. The van der Waals surface area contributed by atoms with Crippen LogP contribution in [-0.2, 0) is 0 Å². The van der Waals surface area contributed by atoms with Crippen molar-refractivity contribution in [3.05, 3.63) is 29.8 Å². The standard InChI is InChI=1S/C11H10F2O2/c1-15-8-4-2-7(3-5-8)10(14)9-6-11(9,12)13/h2-5,9H,6H2,1H3. The maximum atomic E-state index is 12.6. The molecule has 1 aromatic rings. The highest BCUT2D eigenvalue weighted by Crippen LogP contribution is 2.50. The molecule has 1 saturated carbocycles. The van der Waals surface area contributed by atoms with Crippen molar-refractivity contribution in [3.63, 3.8) is 0 Å². The van der Waals surface area contributed by atoms with E-state index in [2.05, 4.69) is 0 Å². The Morgan fingerprint density at radius 1 is 1.40 bits per heavy atom. The Hall–Kier alpha value is -1.45. The van der Waals surface area contributed by atoms with Gasteiger partial charge in [-0.05, 0) is 24.3 Å². The molecule has 0 bridgehead atoms. The summed E-state index contributed by atoms with van der Waals surface area (Å²) in [6, 6.07) is 6.20. The van der Waals surface area contributed by atoms with Gasteiger partial charge in [0.05, 0.1) is 13.0 Å². The molecule has 0 amide bonds. The topological polar surface area (TPSA) is 26.3 Å². The zero-order chi connectivity index (χ0) is 11.1. The van der Waals surface area contributed by atoms with E-state index in [1.807, 2.05) is 0 Å². The highest BCUT2D eigenvalue weighted by molar-refractivity contribution is 6.00. The molecule has 0 spiro atoms. The van der Waals surface area contributed by atoms with Gasteiger partial charge in [-0.3, -0.25) is 4.79 Å². The average Bonchev–Trinajstić information content (AvgIpc) is 2.87. The highest BCUT2D eigenvalue weighted by atomic mass is 19.3. The van der Waals surface area contributed by atoms with Crippen molar-refractivity contribution in [2.75, 3.05) is 7.11 Å². The molecule has 1 aliphatic rings. The predicted molar refractivity (Wildman–Crippen MR) is 50.4 cm³/mol. The first-order valence-corrected chi connectivity index (χ1v) is 4.60. The third-order valence-electron chi connectivity index (χ3n) is 2.52. The van der Waals surface area contributed by atoms with Gasteiger partial charge in [0.1, 0.15) is 5.75 Å². The maximum Gasteiger partial charge on any atom is 0.259 e. The molecule has 4 heteroatoms. The molecular weight excluding hydrogens is 202 g/mol. The normalized spacial score (nSPS) is 22.2. The number of ether oxygens (including phenoxy) is 1. The Morgan fingerprint density at radius 3 is 2.33 bits per heavy atom. The van der Waals surface area contributed by atoms with E-state index < -0.39 is 17.6 Å². The average molecular weight is 212 g/mol. The Balaban J connectivity index is 2.13. The lowest BCUT2D eigenvalue weighted by Crippen LogP contribution is -2.07. The summed E-state index contributed by atoms with van der Waals surface area (Å²) in [6.45, 7) is 0. The van der Waals surface area contributed by atoms with Crippen molar-refractivity contribution in [2.24, 2.45) is 5.92 Å². The minimum atomic E-state index is -2.79. The van der Waals surface area contributed by atoms with Gasteiger partial charge < -0.3 is 4.74 Å². The van der Waals surface area contributed by atoms with Gasteiger partial charge in [0.25, 0.3) is 5.92 Å². The van der Waals surface area contributed by atoms with Gasteiger partial charge in [-0.2, -0.15) is 0 Å². The van der Waals surface area contributed by atoms with E-state index in [0.717, 1.165) is 0 Å². The molecule has 15 heavy (non-hydrogen) atoms. The zero-order valence-corrected chi connectivity index (χ0v) is 8.17. The van der Waals surface area contributed by atoms with Gasteiger partial charge in [-0.1, -0.05) is 0 Å². The number of rotatable bonds is 3. The lowest BCUT2D eigenvalue weighted by atomic mass is 10.1. The molecule has 1 fully saturated rings. The van der Waals surface area contributed by atoms with Crippen LogP contribution in [0.2, 0.25) is 0 Å². The van der Waals surface area contributed by atoms with Crippen LogP contribution in [0.3, 0.4) is 0 Å². The summed E-state index contributed by atoms with van der Waals surface area (Å²) in [4.78, 5) is 11.5. The molecular formula is C11H10F2O2. The lowest BCUT2D eigenvalue weighted by molar-refractivity contribution is 0.0757. The number of alkyl halides is 2. The number of methoxy groups -OCH3 is 1. The van der Waals surface area contributed by atoms with Crippen LogP contribution in [-0.4, -0.2) is 18.8 Å². The lowest BCUT2D eigenvalue weighted by Gasteiger charge is -2.01. The van der Waals surface area contributed by atoms with Gasteiger partial charge in [0.15, 0.2) is 5.78 Å². The van der Waals surface area contributed by atoms with Crippen molar-refractivity contribution in [2.45, 2.75) is 12.3 Å². The number of hydrogen-bond acceptors (Lipinski definition) is 2. The molecule has 2 rings (SSSR count). The maximum absolute atomic E-state index is 12.6. The number of carbonyl (C=O) groups excluding carboxylic acids is 1. The summed E-state index contributed by atoms with van der Waals surface area (Å²) >= 11 is 0. The second-order valence-electron chi connectivity index (χ2n) is 3.61. The fraction of sp³-hybridized carbons (Fsp3) is 0.364. The fourth-order valence-corrected chi connectivity index (χ4v) is 1.45. The largest absolute Gasteiger partial charge is 0.497 e. The van der Waals surface area contributed by atoms with Crippen LogP contribution in [0.5, 0.6) is 5.75 Å². The van der Waals surface area contributed by atoms with Crippen molar-refractivity contribution >= 4 is 5.78 Å². The van der Waals surface area contributed by atoms with Crippen molar-refractivity contribution < 1.29 is 18.3 Å². The number of carbonyl (C=O) groups is 1. The second kappa shape index (κ2) is 3.29. The zero-order valence-electron chi connectivity index (χ0n) is 8.17. The summed E-state index contributed by atoms with van der Waals surface area (Å²) in [5.41, 5.74) is 0.318. The Bertz CT molecular complexity index is 384. The van der Waals surface area contributed by atoms with Crippen molar-refractivity contribution in [1.29, 1.82) is 0 Å². The summed E-state index contributed by atoms with van der Waals surface area (Å²) in [7, 11) is 1.51. The van der Waals surface area contributed by atoms with Gasteiger partial charge in [0, 0.05) is 12.0 Å². The monoisotopic (exact) mass is 212 g/mol. The smallest absolute Gasteiger partial charge is 0.259 e. The minimum Gasteiger partial charge on any atom is -0.497 e. The molecule has 0 radical (unpaired) electrons. The molecule has 80 valence electrons. The van der Waals surface area contributed by atoms with E-state index in [0.29, 0.717) is 11.3 Å². The number of halogens is 2. The molecule has 0 aliphatic heterocycles. The first-order chi connectivity index (χ1) is 7.04. The summed E-state index contributed by atoms with van der Waals surface area (Å²) in [6.07, 6.45) is -0.322. The van der Waals surface area contributed by atoms with Gasteiger partial charge in [-0.25, -0.2) is 8.78 Å². The van der Waals surface area contributed by atoms with Crippen LogP contribution in [0.4, 0.5) is 8.78 Å². The number of ketones is 1. The first kappa shape index (κ1) is 10.1. The third-order valence-corrected chi connectivity index (χ3v) is 2.52. The third kappa shape index (κ3) is 1.84. The number of benzene rings is 1. The Kier molecular flexibility index (Phi) is 2.21. The Labute approximate surface area is 85.9 Å². The summed E-state index contributed by atoms with van der Waals surface area (Å²) in [5.74, 6) is -3.79. The van der Waals surface area contributed by atoms with Crippen LogP contribution in [0.1, 0.15) is 16.8 Å². The van der Waals surface area contributed by atoms with Crippen LogP contribution in [0, 0.1) is 5.92 Å². The van der Waals surface area contributed by atoms with Gasteiger partial charge in [-0.15, -0.1) is 0 Å². The number of Topliss-reactive ketones (excluding diaryl/α,β-unsaturated/α-hetero) is 1. The molecule has 2 nitrogen and oxygen atoms in total. The summed E-state index contributed by atoms with van der Waals surface area (Å²) in [5, 5.41) is 0. The molecule has 0 heterocycles. The molecule has 1 unspecified atom stereocenters. The quantitative estimate of drug-likeness (QED) is 0.719. The predicted octanol–water partition coefficient (Wildman–Crippen LogP) is 2.53. The SMILES string of the molecule is COc1ccc(C(=O)C2CC2(F)F)cc1. The van der Waals surface area contributed by atoms with Gasteiger partial charge >= 0.3 is 0 Å². The molecule has 0 aromatic heterocycles. The van der Waals surface area contributed by atoms with Crippen LogP contribution < -0.4 is 4.74 Å². The molecule has 1 aliphatic carbocycles. The van der Waals surface area contributed by atoms with Crippen molar-refractivity contribution in [3.8, 4) is 5.75 Å². The first-order valence-electron chi connectivity index (χ1n) is 4.60. The minimum absolute atomic E-state index is 0.318. The van der Waals surface area contributed by atoms with E-state index >= 15 is 0 Å². The Morgan fingerprint density at radius 2 is 1.93 bits per heavy atom. The highest BCUT2D eigenvalue weighted by Gasteiger charge is 2.60. The number of hydrogen-bond donors (Lipinski definition) is 0. The molecule has 0 saturated heterocycles. The van der Waals surface area contributed by atoms with Crippen LogP contribution >= 0.6 is 0 Å². The fourth-order valence-electron chi connectivity index (χ4n) is 1.45. The summed E-state index contributed by atoms with van der Waals surface area (Å²) < 4.78 is 30.2. The van der Waals surface area contributed by atoms with E-state index in [9.17, 15) is 13.6 Å².